The van der Waals surface area contributed by atoms with Gasteiger partial charge in [-0.1, -0.05) is 6.07 Å². The zero-order chi connectivity index (χ0) is 13.4. The predicted octanol–water partition coefficient (Wildman–Crippen LogP) is 3.79. The molecule has 0 radical (unpaired) electrons. The second-order valence-electron chi connectivity index (χ2n) is 4.54. The lowest BCUT2D eigenvalue weighted by molar-refractivity contribution is 0.630. The molecule has 2 heterocycles. The number of aromatic nitrogens is 1. The molecule has 0 bridgehead atoms. The molecule has 2 N–H and O–H groups in total. The van der Waals surface area contributed by atoms with Crippen molar-refractivity contribution in [1.29, 1.82) is 0 Å². The van der Waals surface area contributed by atoms with Crippen molar-refractivity contribution >= 4 is 21.4 Å². The van der Waals surface area contributed by atoms with Gasteiger partial charge in [0, 0.05) is 21.5 Å². The molecule has 2 aromatic heterocycles. The monoisotopic (exact) mass is 272 g/mol. The van der Waals surface area contributed by atoms with Crippen molar-refractivity contribution in [2.24, 2.45) is 5.73 Å². The zero-order valence-electron chi connectivity index (χ0n) is 10.4. The van der Waals surface area contributed by atoms with Crippen LogP contribution in [0.4, 0.5) is 4.39 Å². The number of rotatable bonds is 2. The zero-order valence-corrected chi connectivity index (χ0v) is 11.2. The van der Waals surface area contributed by atoms with Crippen molar-refractivity contribution in [2.45, 2.75) is 13.0 Å². The minimum absolute atomic E-state index is 0.214. The van der Waals surface area contributed by atoms with Gasteiger partial charge in [0.2, 0.25) is 0 Å². The molecule has 1 aromatic carbocycles. The molecule has 1 atom stereocenters. The summed E-state index contributed by atoms with van der Waals surface area (Å²) in [5, 5.41) is 0.899. The van der Waals surface area contributed by atoms with Crippen LogP contribution in [0.2, 0.25) is 0 Å². The van der Waals surface area contributed by atoms with E-state index in [2.05, 4.69) is 4.98 Å². The number of pyridine rings is 1. The summed E-state index contributed by atoms with van der Waals surface area (Å²) in [5.74, 6) is -0.220. The maximum atomic E-state index is 13.2. The number of hydrogen-bond acceptors (Lipinski definition) is 3. The highest BCUT2D eigenvalue weighted by atomic mass is 32.1. The predicted molar refractivity (Wildman–Crippen MR) is 76.8 cm³/mol. The highest BCUT2D eigenvalue weighted by molar-refractivity contribution is 7.19. The van der Waals surface area contributed by atoms with Gasteiger partial charge >= 0.3 is 0 Å². The van der Waals surface area contributed by atoms with Crippen molar-refractivity contribution in [3.63, 3.8) is 0 Å². The normalized spacial score (nSPS) is 12.8. The molecule has 1 unspecified atom stereocenters. The fourth-order valence-corrected chi connectivity index (χ4v) is 3.09. The van der Waals surface area contributed by atoms with Gasteiger partial charge in [-0.15, -0.1) is 11.3 Å². The number of nitrogens with zero attached hydrogens (tertiary/aromatic N) is 1. The van der Waals surface area contributed by atoms with Crippen LogP contribution in [0, 0.1) is 12.7 Å². The third kappa shape index (κ3) is 2.37. The summed E-state index contributed by atoms with van der Waals surface area (Å²) >= 11 is 1.59. The summed E-state index contributed by atoms with van der Waals surface area (Å²) in [6.45, 7) is 1.94. The first kappa shape index (κ1) is 12.3. The van der Waals surface area contributed by atoms with Crippen molar-refractivity contribution < 1.29 is 4.39 Å². The number of nitrogens with two attached hydrogens (primary N) is 1. The highest BCUT2D eigenvalue weighted by Gasteiger charge is 2.13. The summed E-state index contributed by atoms with van der Waals surface area (Å²) < 4.78 is 14.2. The molecule has 0 aliphatic rings. The summed E-state index contributed by atoms with van der Waals surface area (Å²) in [7, 11) is 0. The van der Waals surface area contributed by atoms with Crippen LogP contribution < -0.4 is 5.73 Å². The topological polar surface area (TPSA) is 38.9 Å². The van der Waals surface area contributed by atoms with Gasteiger partial charge in [-0.3, -0.25) is 4.98 Å². The van der Waals surface area contributed by atoms with E-state index in [0.717, 1.165) is 26.2 Å². The first-order valence-electron chi connectivity index (χ1n) is 6.00. The molecule has 3 rings (SSSR count). The Bertz CT molecular complexity index is 719. The second-order valence-corrected chi connectivity index (χ2v) is 5.66. The first-order chi connectivity index (χ1) is 9.13. The molecule has 19 heavy (non-hydrogen) atoms. The average molecular weight is 272 g/mol. The van der Waals surface area contributed by atoms with E-state index in [0.29, 0.717) is 0 Å². The van der Waals surface area contributed by atoms with Crippen LogP contribution in [0.3, 0.4) is 0 Å². The molecular weight excluding hydrogens is 259 g/mol. The number of benzene rings is 1. The molecule has 0 saturated heterocycles. The molecule has 0 amide bonds. The van der Waals surface area contributed by atoms with E-state index in [9.17, 15) is 4.39 Å². The summed E-state index contributed by atoms with van der Waals surface area (Å²) in [4.78, 5) is 5.28. The summed E-state index contributed by atoms with van der Waals surface area (Å²) in [5.41, 5.74) is 8.18. The van der Waals surface area contributed by atoms with E-state index in [1.165, 1.54) is 12.1 Å². The maximum absolute atomic E-state index is 13.2. The van der Waals surface area contributed by atoms with Crippen LogP contribution in [-0.2, 0) is 0 Å². The minimum atomic E-state index is -0.220. The molecule has 2 nitrogen and oxygen atoms in total. The van der Waals surface area contributed by atoms with Gasteiger partial charge in [-0.25, -0.2) is 4.39 Å². The van der Waals surface area contributed by atoms with Crippen LogP contribution in [-0.4, -0.2) is 4.98 Å². The number of fused-ring (bicyclic) bond motifs is 1. The molecule has 0 aliphatic carbocycles. The third-order valence-corrected chi connectivity index (χ3v) is 4.30. The van der Waals surface area contributed by atoms with Gasteiger partial charge in [0.25, 0.3) is 0 Å². The number of halogens is 1. The largest absolute Gasteiger partial charge is 0.320 e. The first-order valence-corrected chi connectivity index (χ1v) is 6.82. The number of hydrogen-bond donors (Lipinski definition) is 1. The molecule has 0 fully saturated rings. The lowest BCUT2D eigenvalue weighted by atomic mass is 10.1. The highest BCUT2D eigenvalue weighted by Crippen LogP contribution is 2.32. The molecule has 0 saturated carbocycles. The van der Waals surface area contributed by atoms with Crippen LogP contribution in [0.5, 0.6) is 0 Å². The standard InChI is InChI=1S/C15H13FN2S/c1-9-2-3-10(8-18-9)15(17)14-7-11-6-12(16)4-5-13(11)19-14/h2-8,15H,17H2,1H3. The van der Waals surface area contributed by atoms with E-state index in [-0.39, 0.29) is 11.9 Å². The smallest absolute Gasteiger partial charge is 0.123 e. The molecule has 0 aliphatic heterocycles. The van der Waals surface area contributed by atoms with Gasteiger partial charge in [-0.05, 0) is 48.2 Å². The van der Waals surface area contributed by atoms with E-state index in [1.807, 2.05) is 25.1 Å². The van der Waals surface area contributed by atoms with Crippen LogP contribution in [0.15, 0.2) is 42.6 Å². The Morgan fingerprint density at radius 1 is 1.21 bits per heavy atom. The maximum Gasteiger partial charge on any atom is 0.123 e. The van der Waals surface area contributed by atoms with Crippen molar-refractivity contribution in [3.8, 4) is 0 Å². The quantitative estimate of drug-likeness (QED) is 0.770. The fraction of sp³-hybridized carbons (Fsp3) is 0.133. The van der Waals surface area contributed by atoms with E-state index >= 15 is 0 Å². The molecule has 96 valence electrons. The van der Waals surface area contributed by atoms with Gasteiger partial charge in [0.15, 0.2) is 0 Å². The van der Waals surface area contributed by atoms with Gasteiger partial charge in [0.05, 0.1) is 6.04 Å². The van der Waals surface area contributed by atoms with Crippen LogP contribution in [0.1, 0.15) is 22.2 Å². The SMILES string of the molecule is Cc1ccc(C(N)c2cc3cc(F)ccc3s2)cn1. The van der Waals surface area contributed by atoms with Crippen molar-refractivity contribution in [2.75, 3.05) is 0 Å². The number of aryl methyl sites for hydroxylation is 1. The van der Waals surface area contributed by atoms with Gasteiger partial charge in [0.1, 0.15) is 5.82 Å². The Morgan fingerprint density at radius 3 is 2.79 bits per heavy atom. The van der Waals surface area contributed by atoms with E-state index in [4.69, 9.17) is 5.73 Å². The molecule has 0 spiro atoms. The Balaban J connectivity index is 2.01. The average Bonchev–Trinajstić information content (AvgIpc) is 2.81. The van der Waals surface area contributed by atoms with Gasteiger partial charge < -0.3 is 5.73 Å². The molecule has 3 aromatic rings. The minimum Gasteiger partial charge on any atom is -0.320 e. The van der Waals surface area contributed by atoms with E-state index < -0.39 is 0 Å². The lowest BCUT2D eigenvalue weighted by Crippen LogP contribution is -2.10. The molecule has 4 heteroatoms. The number of thiophene rings is 1. The Labute approximate surface area is 114 Å². The fourth-order valence-electron chi connectivity index (χ4n) is 2.02. The van der Waals surface area contributed by atoms with Crippen molar-refractivity contribution in [3.05, 3.63) is 64.5 Å². The van der Waals surface area contributed by atoms with Gasteiger partial charge in [-0.2, -0.15) is 0 Å². The molecular formula is C15H13FN2S. The van der Waals surface area contributed by atoms with Crippen LogP contribution >= 0.6 is 11.3 Å². The third-order valence-electron chi connectivity index (χ3n) is 3.10. The van der Waals surface area contributed by atoms with E-state index in [1.54, 1.807) is 23.6 Å². The van der Waals surface area contributed by atoms with Crippen molar-refractivity contribution in [1.82, 2.24) is 4.98 Å². The lowest BCUT2D eigenvalue weighted by Gasteiger charge is -2.09. The second kappa shape index (κ2) is 4.72. The van der Waals surface area contributed by atoms with Crippen LogP contribution in [0.25, 0.3) is 10.1 Å². The summed E-state index contributed by atoms with van der Waals surface area (Å²) in [6, 6.07) is 10.5. The Morgan fingerprint density at radius 2 is 2.05 bits per heavy atom. The Kier molecular flexibility index (Phi) is 3.05. The Hall–Kier alpha value is -1.78. The summed E-state index contributed by atoms with van der Waals surface area (Å²) in [6.07, 6.45) is 1.80.